The molecule has 8 heteroatoms. The second kappa shape index (κ2) is 6.27. The van der Waals surface area contributed by atoms with E-state index in [0.717, 1.165) is 5.01 Å². The number of rotatable bonds is 5. The number of hydrogen-bond acceptors (Lipinski definition) is 5. The highest BCUT2D eigenvalue weighted by molar-refractivity contribution is 7.15. The monoisotopic (exact) mass is 334 g/mol. The zero-order valence-electron chi connectivity index (χ0n) is 13.6. The van der Waals surface area contributed by atoms with Crippen LogP contribution in [0.5, 0.6) is 0 Å². The fourth-order valence-electron chi connectivity index (χ4n) is 2.21. The van der Waals surface area contributed by atoms with Crippen LogP contribution in [0.15, 0.2) is 18.7 Å². The van der Waals surface area contributed by atoms with Crippen LogP contribution in [0.1, 0.15) is 44.5 Å². The third kappa shape index (κ3) is 4.28. The summed E-state index contributed by atoms with van der Waals surface area (Å²) < 4.78 is 1.96. The smallest absolute Gasteiger partial charge is 0.321 e. The molecule has 0 unspecified atom stereocenters. The number of nitrogens with one attached hydrogen (secondary N) is 2. The van der Waals surface area contributed by atoms with Gasteiger partial charge in [-0.05, 0) is 18.3 Å². The highest BCUT2D eigenvalue weighted by atomic mass is 32.1. The molecule has 2 aromatic rings. The predicted octanol–water partition coefficient (Wildman–Crippen LogP) is 2.85. The number of anilines is 1. The van der Waals surface area contributed by atoms with E-state index in [-0.39, 0.29) is 17.5 Å². The lowest BCUT2D eigenvalue weighted by molar-refractivity contribution is 0.218. The topological polar surface area (TPSA) is 84.7 Å². The van der Waals surface area contributed by atoms with Gasteiger partial charge in [-0.3, -0.25) is 5.32 Å². The van der Waals surface area contributed by atoms with Crippen LogP contribution in [-0.4, -0.2) is 31.8 Å². The van der Waals surface area contributed by atoms with E-state index in [4.69, 9.17) is 0 Å². The minimum absolute atomic E-state index is 0.0347. The number of hydrogen-bond donors (Lipinski definition) is 2. The fourth-order valence-corrected chi connectivity index (χ4v) is 3.12. The first-order valence-corrected chi connectivity index (χ1v) is 8.60. The predicted molar refractivity (Wildman–Crippen MR) is 89.5 cm³/mol. The Morgan fingerprint density at radius 1 is 1.43 bits per heavy atom. The molecular formula is C15H22N6OS. The largest absolute Gasteiger partial charge is 0.335 e. The number of nitrogens with zero attached hydrogens (tertiary/aromatic N) is 4. The van der Waals surface area contributed by atoms with Crippen molar-refractivity contribution >= 4 is 22.5 Å². The summed E-state index contributed by atoms with van der Waals surface area (Å²) in [6, 6.07) is -0.281. The van der Waals surface area contributed by atoms with Gasteiger partial charge in [-0.1, -0.05) is 32.1 Å². The highest BCUT2D eigenvalue weighted by Crippen LogP contribution is 2.42. The molecule has 0 aromatic carbocycles. The van der Waals surface area contributed by atoms with Crippen molar-refractivity contribution in [2.75, 3.05) is 5.32 Å². The summed E-state index contributed by atoms with van der Waals surface area (Å²) in [7, 11) is 0. The van der Waals surface area contributed by atoms with Crippen molar-refractivity contribution < 1.29 is 4.79 Å². The van der Waals surface area contributed by atoms with Gasteiger partial charge in [-0.25, -0.2) is 9.78 Å². The second-order valence-corrected chi connectivity index (χ2v) is 8.01. The number of aromatic nitrogens is 4. The molecule has 0 spiro atoms. The normalized spacial score (nSPS) is 16.1. The van der Waals surface area contributed by atoms with Crippen molar-refractivity contribution in [1.82, 2.24) is 25.1 Å². The van der Waals surface area contributed by atoms with Gasteiger partial charge in [0.15, 0.2) is 0 Å². The first-order chi connectivity index (χ1) is 10.9. The first-order valence-electron chi connectivity index (χ1n) is 7.78. The lowest BCUT2D eigenvalue weighted by atomic mass is 9.86. The standard InChI is InChI=1S/C15H22N6OS/c1-15(2,3)11(8-21-7-6-16-9-21)17-13(22)18-14-20-19-12(23-14)10-4-5-10/h6-7,9-11H,4-5,8H2,1-3H3,(H2,17,18,20,22)/t11-/m1/s1. The van der Waals surface area contributed by atoms with Gasteiger partial charge >= 0.3 is 6.03 Å². The SMILES string of the molecule is CC(C)(C)[C@@H](Cn1ccnc1)NC(=O)Nc1nnc(C2CC2)s1. The van der Waals surface area contributed by atoms with Crippen molar-refractivity contribution in [1.29, 1.82) is 0 Å². The molecule has 2 N–H and O–H groups in total. The van der Waals surface area contributed by atoms with E-state index >= 15 is 0 Å². The Morgan fingerprint density at radius 2 is 2.22 bits per heavy atom. The van der Waals surface area contributed by atoms with Crippen LogP contribution in [0.25, 0.3) is 0 Å². The summed E-state index contributed by atoms with van der Waals surface area (Å²) in [5, 5.41) is 15.6. The number of carbonyl (C=O) groups is 1. The van der Waals surface area contributed by atoms with E-state index in [9.17, 15) is 4.79 Å². The Kier molecular flexibility index (Phi) is 4.34. The molecule has 124 valence electrons. The van der Waals surface area contributed by atoms with Gasteiger partial charge in [0.1, 0.15) is 5.01 Å². The Bertz CT molecular complexity index is 656. The minimum atomic E-state index is -0.247. The van der Waals surface area contributed by atoms with Crippen molar-refractivity contribution in [2.24, 2.45) is 5.41 Å². The Morgan fingerprint density at radius 3 is 2.83 bits per heavy atom. The van der Waals surface area contributed by atoms with Gasteiger partial charge in [0.2, 0.25) is 5.13 Å². The number of amides is 2. The summed E-state index contributed by atoms with van der Waals surface area (Å²) in [6.07, 6.45) is 7.74. The lowest BCUT2D eigenvalue weighted by Gasteiger charge is -2.31. The molecule has 0 aliphatic heterocycles. The highest BCUT2D eigenvalue weighted by Gasteiger charge is 2.29. The number of carbonyl (C=O) groups excluding carboxylic acids is 1. The van der Waals surface area contributed by atoms with Crippen molar-refractivity contribution in [3.05, 3.63) is 23.7 Å². The van der Waals surface area contributed by atoms with Gasteiger partial charge in [-0.15, -0.1) is 10.2 Å². The van der Waals surface area contributed by atoms with Gasteiger partial charge in [0.25, 0.3) is 0 Å². The van der Waals surface area contributed by atoms with Crippen molar-refractivity contribution in [3.8, 4) is 0 Å². The molecule has 2 heterocycles. The van der Waals surface area contributed by atoms with Crippen LogP contribution >= 0.6 is 11.3 Å². The summed E-state index contributed by atoms with van der Waals surface area (Å²) >= 11 is 1.46. The number of urea groups is 1. The molecule has 1 fully saturated rings. The van der Waals surface area contributed by atoms with Crippen molar-refractivity contribution in [2.45, 2.75) is 52.1 Å². The van der Waals surface area contributed by atoms with E-state index in [1.165, 1.54) is 24.2 Å². The van der Waals surface area contributed by atoms with Gasteiger partial charge < -0.3 is 9.88 Å². The van der Waals surface area contributed by atoms with Crippen LogP contribution in [0, 0.1) is 5.41 Å². The molecule has 2 amide bonds. The lowest BCUT2D eigenvalue weighted by Crippen LogP contribution is -2.47. The molecule has 1 atom stereocenters. The van der Waals surface area contributed by atoms with Crippen molar-refractivity contribution in [3.63, 3.8) is 0 Å². The maximum absolute atomic E-state index is 12.3. The summed E-state index contributed by atoms with van der Waals surface area (Å²) in [5.74, 6) is 0.551. The molecule has 2 aromatic heterocycles. The zero-order valence-corrected chi connectivity index (χ0v) is 14.4. The van der Waals surface area contributed by atoms with Crippen LogP contribution in [-0.2, 0) is 6.54 Å². The van der Waals surface area contributed by atoms with E-state index < -0.39 is 0 Å². The average Bonchev–Trinajstić information content (AvgIpc) is 2.99. The van der Waals surface area contributed by atoms with Gasteiger partial charge in [0.05, 0.1) is 12.4 Å². The minimum Gasteiger partial charge on any atom is -0.335 e. The Balaban J connectivity index is 1.60. The number of imidazole rings is 1. The molecule has 1 aliphatic carbocycles. The van der Waals surface area contributed by atoms with E-state index in [1.807, 2.05) is 10.8 Å². The second-order valence-electron chi connectivity index (χ2n) is 7.00. The fraction of sp³-hybridized carbons (Fsp3) is 0.600. The summed E-state index contributed by atoms with van der Waals surface area (Å²) in [4.78, 5) is 16.3. The van der Waals surface area contributed by atoms with Crippen LogP contribution in [0.2, 0.25) is 0 Å². The molecule has 1 aliphatic rings. The molecule has 0 bridgehead atoms. The summed E-state index contributed by atoms with van der Waals surface area (Å²) in [6.45, 7) is 6.97. The zero-order chi connectivity index (χ0) is 16.4. The van der Waals surface area contributed by atoms with E-state index in [0.29, 0.717) is 17.6 Å². The molecule has 1 saturated carbocycles. The maximum Gasteiger partial charge on any atom is 0.321 e. The van der Waals surface area contributed by atoms with Gasteiger partial charge in [0, 0.05) is 24.9 Å². The first kappa shape index (κ1) is 15.9. The molecule has 7 nitrogen and oxygen atoms in total. The molecule has 3 rings (SSSR count). The van der Waals surface area contributed by atoms with Crippen LogP contribution in [0.3, 0.4) is 0 Å². The van der Waals surface area contributed by atoms with E-state index in [1.54, 1.807) is 12.5 Å². The summed E-state index contributed by atoms with van der Waals surface area (Å²) in [5.41, 5.74) is -0.0814. The third-order valence-electron chi connectivity index (χ3n) is 3.89. The quantitative estimate of drug-likeness (QED) is 0.880. The van der Waals surface area contributed by atoms with E-state index in [2.05, 4.69) is 46.6 Å². The molecule has 23 heavy (non-hydrogen) atoms. The Hall–Kier alpha value is -1.96. The molecular weight excluding hydrogens is 312 g/mol. The maximum atomic E-state index is 12.3. The Labute approximate surface area is 139 Å². The molecule has 0 radical (unpaired) electrons. The third-order valence-corrected chi connectivity index (χ3v) is 4.89. The van der Waals surface area contributed by atoms with Crippen LogP contribution in [0.4, 0.5) is 9.93 Å². The van der Waals surface area contributed by atoms with Gasteiger partial charge in [-0.2, -0.15) is 0 Å². The van der Waals surface area contributed by atoms with Crippen LogP contribution < -0.4 is 10.6 Å². The average molecular weight is 334 g/mol. The molecule has 0 saturated heterocycles.